The number of aliphatic hydroxyl groups excluding tert-OH is 1. The average Bonchev–Trinajstić information content (AvgIpc) is 2.47. The van der Waals surface area contributed by atoms with Crippen LogP contribution in [0.1, 0.15) is 5.56 Å². The minimum absolute atomic E-state index is 0.132. The first-order valence-corrected chi connectivity index (χ1v) is 6.83. The standard InChI is InChI=1S/C15H18ClN3O/c1-19(8-9-20)14-6-7-15(18-11-14)17-10-12-2-4-13(16)5-3-12/h2-7,11,20H,8-10H2,1H3,(H,17,18). The van der Waals surface area contributed by atoms with E-state index < -0.39 is 0 Å². The highest BCUT2D eigenvalue weighted by Crippen LogP contribution is 2.15. The molecule has 0 aliphatic carbocycles. The maximum atomic E-state index is 8.90. The number of aromatic nitrogens is 1. The molecule has 0 aliphatic rings. The maximum absolute atomic E-state index is 8.90. The van der Waals surface area contributed by atoms with Crippen molar-refractivity contribution in [1.29, 1.82) is 0 Å². The SMILES string of the molecule is CN(CCO)c1ccc(NCc2ccc(Cl)cc2)nc1. The lowest BCUT2D eigenvalue weighted by atomic mass is 10.2. The van der Waals surface area contributed by atoms with Gasteiger partial charge in [0.25, 0.3) is 0 Å². The molecule has 1 aromatic heterocycles. The van der Waals surface area contributed by atoms with Crippen LogP contribution in [0.4, 0.5) is 11.5 Å². The quantitative estimate of drug-likeness (QED) is 0.859. The minimum Gasteiger partial charge on any atom is -0.395 e. The van der Waals surface area contributed by atoms with Gasteiger partial charge in [-0.15, -0.1) is 0 Å². The number of aliphatic hydroxyl groups is 1. The Morgan fingerprint density at radius 2 is 1.95 bits per heavy atom. The van der Waals surface area contributed by atoms with E-state index in [-0.39, 0.29) is 6.61 Å². The van der Waals surface area contributed by atoms with Crippen molar-refractivity contribution in [3.63, 3.8) is 0 Å². The van der Waals surface area contributed by atoms with Crippen LogP contribution in [0.15, 0.2) is 42.6 Å². The summed E-state index contributed by atoms with van der Waals surface area (Å²) in [6.45, 7) is 1.43. The molecule has 0 saturated heterocycles. The average molecular weight is 292 g/mol. The highest BCUT2D eigenvalue weighted by atomic mass is 35.5. The predicted molar refractivity (Wildman–Crippen MR) is 83.4 cm³/mol. The van der Waals surface area contributed by atoms with E-state index in [0.717, 1.165) is 22.1 Å². The molecule has 2 N–H and O–H groups in total. The lowest BCUT2D eigenvalue weighted by Crippen LogP contribution is -2.21. The molecule has 0 radical (unpaired) electrons. The summed E-state index contributed by atoms with van der Waals surface area (Å²) >= 11 is 5.85. The Labute approximate surface area is 124 Å². The molecular formula is C15H18ClN3O. The molecule has 5 heteroatoms. The molecule has 20 heavy (non-hydrogen) atoms. The lowest BCUT2D eigenvalue weighted by Gasteiger charge is -2.17. The summed E-state index contributed by atoms with van der Waals surface area (Å²) in [6.07, 6.45) is 1.79. The van der Waals surface area contributed by atoms with Gasteiger partial charge in [-0.25, -0.2) is 4.98 Å². The zero-order chi connectivity index (χ0) is 14.4. The number of anilines is 2. The van der Waals surface area contributed by atoms with Crippen LogP contribution in [0.5, 0.6) is 0 Å². The monoisotopic (exact) mass is 291 g/mol. The Balaban J connectivity index is 1.92. The van der Waals surface area contributed by atoms with E-state index in [1.54, 1.807) is 6.20 Å². The van der Waals surface area contributed by atoms with E-state index in [1.165, 1.54) is 0 Å². The zero-order valence-corrected chi connectivity index (χ0v) is 12.1. The fourth-order valence-electron chi connectivity index (χ4n) is 1.79. The van der Waals surface area contributed by atoms with Crippen molar-refractivity contribution in [3.05, 3.63) is 53.2 Å². The van der Waals surface area contributed by atoms with Gasteiger partial charge < -0.3 is 15.3 Å². The molecule has 1 heterocycles. The summed E-state index contributed by atoms with van der Waals surface area (Å²) in [5, 5.41) is 12.9. The molecule has 106 valence electrons. The number of pyridine rings is 1. The molecule has 0 amide bonds. The van der Waals surface area contributed by atoms with Crippen molar-refractivity contribution in [2.75, 3.05) is 30.4 Å². The van der Waals surface area contributed by atoms with Gasteiger partial charge in [-0.1, -0.05) is 23.7 Å². The van der Waals surface area contributed by atoms with E-state index in [2.05, 4.69) is 10.3 Å². The number of likely N-dealkylation sites (N-methyl/N-ethyl adjacent to an activating group) is 1. The number of nitrogens with zero attached hydrogens (tertiary/aromatic N) is 2. The van der Waals surface area contributed by atoms with Crippen molar-refractivity contribution in [3.8, 4) is 0 Å². The van der Waals surface area contributed by atoms with Crippen LogP contribution in [0.3, 0.4) is 0 Å². The van der Waals surface area contributed by atoms with Gasteiger partial charge in [-0.05, 0) is 29.8 Å². The Morgan fingerprint density at radius 1 is 1.20 bits per heavy atom. The third kappa shape index (κ3) is 4.11. The summed E-state index contributed by atoms with van der Waals surface area (Å²) in [5.41, 5.74) is 2.13. The van der Waals surface area contributed by atoms with Gasteiger partial charge in [0.2, 0.25) is 0 Å². The third-order valence-electron chi connectivity index (χ3n) is 3.01. The van der Waals surface area contributed by atoms with Crippen molar-refractivity contribution >= 4 is 23.1 Å². The molecular weight excluding hydrogens is 274 g/mol. The van der Waals surface area contributed by atoms with Gasteiger partial charge in [-0.3, -0.25) is 0 Å². The molecule has 2 rings (SSSR count). The van der Waals surface area contributed by atoms with Crippen molar-refractivity contribution < 1.29 is 5.11 Å². The Bertz CT molecular complexity index is 528. The van der Waals surface area contributed by atoms with Gasteiger partial charge in [0, 0.05) is 25.2 Å². The highest BCUT2D eigenvalue weighted by Gasteiger charge is 2.01. The molecule has 0 unspecified atom stereocenters. The summed E-state index contributed by atoms with van der Waals surface area (Å²) in [5.74, 6) is 0.820. The first kappa shape index (κ1) is 14.6. The van der Waals surface area contributed by atoms with Gasteiger partial charge in [0.15, 0.2) is 0 Å². The largest absolute Gasteiger partial charge is 0.395 e. The number of benzene rings is 1. The Kier molecular flexibility index (Phi) is 5.21. The van der Waals surface area contributed by atoms with E-state index >= 15 is 0 Å². The number of halogens is 1. The minimum atomic E-state index is 0.132. The normalized spacial score (nSPS) is 10.3. The second-order valence-electron chi connectivity index (χ2n) is 4.53. The number of hydrogen-bond donors (Lipinski definition) is 2. The molecule has 0 atom stereocenters. The van der Waals surface area contributed by atoms with Crippen LogP contribution >= 0.6 is 11.6 Å². The summed E-state index contributed by atoms with van der Waals surface area (Å²) < 4.78 is 0. The molecule has 0 aliphatic heterocycles. The summed E-state index contributed by atoms with van der Waals surface area (Å²) in [7, 11) is 1.92. The fourth-order valence-corrected chi connectivity index (χ4v) is 1.92. The first-order chi connectivity index (χ1) is 9.69. The lowest BCUT2D eigenvalue weighted by molar-refractivity contribution is 0.304. The molecule has 4 nitrogen and oxygen atoms in total. The van der Waals surface area contributed by atoms with Crippen molar-refractivity contribution in [2.24, 2.45) is 0 Å². The molecule has 2 aromatic rings. The molecule has 0 fully saturated rings. The first-order valence-electron chi connectivity index (χ1n) is 6.45. The number of nitrogens with one attached hydrogen (secondary N) is 1. The summed E-state index contributed by atoms with van der Waals surface area (Å²) in [6, 6.07) is 11.6. The van der Waals surface area contributed by atoms with Crippen LogP contribution in [0, 0.1) is 0 Å². The van der Waals surface area contributed by atoms with Crippen LogP contribution in [-0.2, 0) is 6.54 Å². The van der Waals surface area contributed by atoms with Crippen molar-refractivity contribution in [2.45, 2.75) is 6.54 Å². The number of hydrogen-bond acceptors (Lipinski definition) is 4. The Hall–Kier alpha value is -1.78. The predicted octanol–water partition coefficient (Wildman–Crippen LogP) is 2.78. The zero-order valence-electron chi connectivity index (χ0n) is 11.4. The van der Waals surface area contributed by atoms with E-state index in [9.17, 15) is 0 Å². The van der Waals surface area contributed by atoms with Crippen LogP contribution in [0.25, 0.3) is 0 Å². The maximum Gasteiger partial charge on any atom is 0.126 e. The van der Waals surface area contributed by atoms with E-state index in [0.29, 0.717) is 13.1 Å². The van der Waals surface area contributed by atoms with Crippen LogP contribution in [-0.4, -0.2) is 30.3 Å². The second kappa shape index (κ2) is 7.12. The fraction of sp³-hybridized carbons (Fsp3) is 0.267. The van der Waals surface area contributed by atoms with Gasteiger partial charge in [-0.2, -0.15) is 0 Å². The van der Waals surface area contributed by atoms with E-state index in [1.807, 2.05) is 48.3 Å². The van der Waals surface area contributed by atoms with Gasteiger partial charge >= 0.3 is 0 Å². The van der Waals surface area contributed by atoms with Gasteiger partial charge in [0.05, 0.1) is 18.5 Å². The third-order valence-corrected chi connectivity index (χ3v) is 3.26. The molecule has 0 spiro atoms. The topological polar surface area (TPSA) is 48.4 Å². The van der Waals surface area contributed by atoms with Gasteiger partial charge in [0.1, 0.15) is 5.82 Å². The molecule has 0 bridgehead atoms. The summed E-state index contributed by atoms with van der Waals surface area (Å²) in [4.78, 5) is 6.31. The number of rotatable bonds is 6. The molecule has 0 saturated carbocycles. The van der Waals surface area contributed by atoms with E-state index in [4.69, 9.17) is 16.7 Å². The second-order valence-corrected chi connectivity index (χ2v) is 4.96. The highest BCUT2D eigenvalue weighted by molar-refractivity contribution is 6.30. The molecule has 1 aromatic carbocycles. The van der Waals surface area contributed by atoms with Crippen LogP contribution < -0.4 is 10.2 Å². The van der Waals surface area contributed by atoms with Crippen molar-refractivity contribution in [1.82, 2.24) is 4.98 Å². The van der Waals surface area contributed by atoms with Crippen LogP contribution in [0.2, 0.25) is 5.02 Å². The smallest absolute Gasteiger partial charge is 0.126 e. The Morgan fingerprint density at radius 3 is 2.55 bits per heavy atom.